The van der Waals surface area contributed by atoms with Gasteiger partial charge in [0.2, 0.25) is 0 Å². The van der Waals surface area contributed by atoms with E-state index in [1.165, 1.54) is 34.9 Å². The normalized spacial score (nSPS) is 13.8. The SMILES string of the molecule is CCCC(CNC(C)(C)C)Cc1csc2ccccc12. The van der Waals surface area contributed by atoms with E-state index in [2.05, 4.69) is 62.7 Å². The van der Waals surface area contributed by atoms with Gasteiger partial charge in [0.05, 0.1) is 0 Å². The first-order chi connectivity index (χ1) is 9.49. The Morgan fingerprint density at radius 3 is 2.65 bits per heavy atom. The third-order valence-corrected chi connectivity index (χ3v) is 4.70. The molecule has 1 nitrogen and oxygen atoms in total. The van der Waals surface area contributed by atoms with Crippen LogP contribution >= 0.6 is 11.3 Å². The van der Waals surface area contributed by atoms with Crippen LogP contribution in [0.5, 0.6) is 0 Å². The Bertz CT molecular complexity index is 536. The molecule has 0 fully saturated rings. The quantitative estimate of drug-likeness (QED) is 0.766. The van der Waals surface area contributed by atoms with E-state index < -0.39 is 0 Å². The maximum absolute atomic E-state index is 3.67. The molecular formula is C18H27NS. The molecular weight excluding hydrogens is 262 g/mol. The summed E-state index contributed by atoms with van der Waals surface area (Å²) >= 11 is 1.88. The molecule has 2 heteroatoms. The van der Waals surface area contributed by atoms with Crippen LogP contribution in [0.2, 0.25) is 0 Å². The van der Waals surface area contributed by atoms with E-state index in [0.717, 1.165) is 12.5 Å². The molecule has 110 valence electrons. The number of thiophene rings is 1. The van der Waals surface area contributed by atoms with Gasteiger partial charge in [0.1, 0.15) is 0 Å². The molecule has 0 radical (unpaired) electrons. The van der Waals surface area contributed by atoms with E-state index in [1.54, 1.807) is 0 Å². The molecule has 2 rings (SSSR count). The Balaban J connectivity index is 2.07. The minimum atomic E-state index is 0.211. The van der Waals surface area contributed by atoms with Crippen LogP contribution in [0, 0.1) is 5.92 Å². The van der Waals surface area contributed by atoms with Gasteiger partial charge >= 0.3 is 0 Å². The molecule has 0 aliphatic rings. The van der Waals surface area contributed by atoms with Gasteiger partial charge in [-0.3, -0.25) is 0 Å². The molecule has 0 aliphatic carbocycles. The fraction of sp³-hybridized carbons (Fsp3) is 0.556. The molecule has 0 saturated carbocycles. The first-order valence-electron chi connectivity index (χ1n) is 7.69. The van der Waals surface area contributed by atoms with Gasteiger partial charge in [0, 0.05) is 10.2 Å². The van der Waals surface area contributed by atoms with Crippen molar-refractivity contribution in [3.8, 4) is 0 Å². The Labute approximate surface area is 127 Å². The number of benzene rings is 1. The summed E-state index contributed by atoms with van der Waals surface area (Å²) in [5.41, 5.74) is 1.74. The molecule has 1 aromatic heterocycles. The lowest BCUT2D eigenvalue weighted by molar-refractivity contribution is 0.355. The Kier molecular flexibility index (Phi) is 5.22. The lowest BCUT2D eigenvalue weighted by Crippen LogP contribution is -2.39. The summed E-state index contributed by atoms with van der Waals surface area (Å²) in [6.07, 6.45) is 3.76. The van der Waals surface area contributed by atoms with Gasteiger partial charge in [-0.2, -0.15) is 0 Å². The molecule has 0 saturated heterocycles. The van der Waals surface area contributed by atoms with E-state index in [0.29, 0.717) is 0 Å². The molecule has 0 bridgehead atoms. The van der Waals surface area contributed by atoms with Gasteiger partial charge in [0.25, 0.3) is 0 Å². The van der Waals surface area contributed by atoms with Gasteiger partial charge in [-0.05, 0) is 68.5 Å². The summed E-state index contributed by atoms with van der Waals surface area (Å²) in [7, 11) is 0. The van der Waals surface area contributed by atoms with Crippen LogP contribution in [-0.4, -0.2) is 12.1 Å². The molecule has 0 spiro atoms. The van der Waals surface area contributed by atoms with Gasteiger partial charge < -0.3 is 5.32 Å². The minimum Gasteiger partial charge on any atom is -0.312 e. The van der Waals surface area contributed by atoms with Crippen molar-refractivity contribution in [3.05, 3.63) is 35.2 Å². The van der Waals surface area contributed by atoms with Crippen LogP contribution in [0.25, 0.3) is 10.1 Å². The number of hydrogen-bond donors (Lipinski definition) is 1. The molecule has 1 aromatic carbocycles. The first kappa shape index (κ1) is 15.5. The van der Waals surface area contributed by atoms with E-state index in [9.17, 15) is 0 Å². The molecule has 1 atom stereocenters. The molecule has 1 heterocycles. The Morgan fingerprint density at radius 2 is 1.95 bits per heavy atom. The van der Waals surface area contributed by atoms with Gasteiger partial charge in [-0.15, -0.1) is 11.3 Å². The molecule has 20 heavy (non-hydrogen) atoms. The summed E-state index contributed by atoms with van der Waals surface area (Å²) in [5.74, 6) is 0.734. The van der Waals surface area contributed by atoms with E-state index >= 15 is 0 Å². The average molecular weight is 289 g/mol. The molecule has 0 aliphatic heterocycles. The van der Waals surface area contributed by atoms with Crippen molar-refractivity contribution >= 4 is 21.4 Å². The summed E-state index contributed by atoms with van der Waals surface area (Å²) < 4.78 is 1.42. The third-order valence-electron chi connectivity index (χ3n) is 3.69. The van der Waals surface area contributed by atoms with E-state index in [1.807, 2.05) is 11.3 Å². The number of nitrogens with one attached hydrogen (secondary N) is 1. The maximum Gasteiger partial charge on any atom is 0.0345 e. The van der Waals surface area contributed by atoms with Crippen LogP contribution in [0.4, 0.5) is 0 Å². The zero-order valence-electron chi connectivity index (χ0n) is 13.2. The highest BCUT2D eigenvalue weighted by Gasteiger charge is 2.15. The highest BCUT2D eigenvalue weighted by atomic mass is 32.1. The topological polar surface area (TPSA) is 12.0 Å². The minimum absolute atomic E-state index is 0.211. The summed E-state index contributed by atoms with van der Waals surface area (Å²) in [5, 5.41) is 7.48. The lowest BCUT2D eigenvalue weighted by Gasteiger charge is -2.25. The second-order valence-electron chi connectivity index (χ2n) is 6.75. The van der Waals surface area contributed by atoms with Gasteiger partial charge in [0.15, 0.2) is 0 Å². The van der Waals surface area contributed by atoms with Crippen LogP contribution in [0.3, 0.4) is 0 Å². The van der Waals surface area contributed by atoms with Crippen molar-refractivity contribution in [2.75, 3.05) is 6.54 Å². The van der Waals surface area contributed by atoms with E-state index in [4.69, 9.17) is 0 Å². The van der Waals surface area contributed by atoms with Crippen molar-refractivity contribution < 1.29 is 0 Å². The highest BCUT2D eigenvalue weighted by molar-refractivity contribution is 7.17. The molecule has 2 aromatic rings. The summed E-state index contributed by atoms with van der Waals surface area (Å²) in [6, 6.07) is 8.78. The van der Waals surface area contributed by atoms with Crippen molar-refractivity contribution in [3.63, 3.8) is 0 Å². The fourth-order valence-electron chi connectivity index (χ4n) is 2.64. The lowest BCUT2D eigenvalue weighted by atomic mass is 9.93. The summed E-state index contributed by atoms with van der Waals surface area (Å²) in [4.78, 5) is 0. The standard InChI is InChI=1S/C18H27NS/c1-5-8-14(12-19-18(2,3)4)11-15-13-20-17-10-7-6-9-16(15)17/h6-7,9-10,13-14,19H,5,8,11-12H2,1-4H3. The number of fused-ring (bicyclic) bond motifs is 1. The maximum atomic E-state index is 3.67. The Hall–Kier alpha value is -0.860. The predicted molar refractivity (Wildman–Crippen MR) is 91.7 cm³/mol. The van der Waals surface area contributed by atoms with Crippen molar-refractivity contribution in [1.29, 1.82) is 0 Å². The fourth-order valence-corrected chi connectivity index (χ4v) is 3.61. The molecule has 0 amide bonds. The number of rotatable bonds is 6. The third kappa shape index (κ3) is 4.32. The largest absolute Gasteiger partial charge is 0.312 e. The molecule has 1 N–H and O–H groups in total. The Morgan fingerprint density at radius 1 is 1.20 bits per heavy atom. The first-order valence-corrected chi connectivity index (χ1v) is 8.57. The zero-order valence-corrected chi connectivity index (χ0v) is 14.0. The molecule has 1 unspecified atom stereocenters. The van der Waals surface area contributed by atoms with Crippen LogP contribution < -0.4 is 5.32 Å². The van der Waals surface area contributed by atoms with Gasteiger partial charge in [-0.1, -0.05) is 31.5 Å². The van der Waals surface area contributed by atoms with Gasteiger partial charge in [-0.25, -0.2) is 0 Å². The second-order valence-corrected chi connectivity index (χ2v) is 7.66. The zero-order chi connectivity index (χ0) is 14.6. The van der Waals surface area contributed by atoms with E-state index in [-0.39, 0.29) is 5.54 Å². The number of hydrogen-bond acceptors (Lipinski definition) is 2. The van der Waals surface area contributed by atoms with Crippen LogP contribution in [0.1, 0.15) is 46.1 Å². The van der Waals surface area contributed by atoms with Crippen molar-refractivity contribution in [2.24, 2.45) is 5.92 Å². The van der Waals surface area contributed by atoms with Crippen molar-refractivity contribution in [2.45, 2.75) is 52.5 Å². The monoisotopic (exact) mass is 289 g/mol. The average Bonchev–Trinajstić information content (AvgIpc) is 2.79. The smallest absolute Gasteiger partial charge is 0.0345 e. The summed E-state index contributed by atoms with van der Waals surface area (Å²) in [6.45, 7) is 10.1. The second kappa shape index (κ2) is 6.73. The van der Waals surface area contributed by atoms with Crippen molar-refractivity contribution in [1.82, 2.24) is 5.32 Å². The van der Waals surface area contributed by atoms with Crippen LogP contribution in [-0.2, 0) is 6.42 Å². The predicted octanol–water partition coefficient (Wildman–Crippen LogP) is 5.25. The highest BCUT2D eigenvalue weighted by Crippen LogP contribution is 2.28. The van der Waals surface area contributed by atoms with Crippen LogP contribution in [0.15, 0.2) is 29.6 Å².